The minimum absolute atomic E-state index is 0.158. The van der Waals surface area contributed by atoms with Crippen LogP contribution in [0.1, 0.15) is 22.2 Å². The summed E-state index contributed by atoms with van der Waals surface area (Å²) in [6, 6.07) is 11.7. The smallest absolute Gasteiger partial charge is 0.252 e. The van der Waals surface area contributed by atoms with Crippen LogP contribution in [0.3, 0.4) is 0 Å². The molecule has 1 unspecified atom stereocenters. The molecule has 4 aromatic rings. The van der Waals surface area contributed by atoms with Crippen LogP contribution < -0.4 is 5.32 Å². The van der Waals surface area contributed by atoms with E-state index in [1.54, 1.807) is 29.2 Å². The van der Waals surface area contributed by atoms with Gasteiger partial charge in [-0.25, -0.2) is 0 Å². The fourth-order valence-electron chi connectivity index (χ4n) is 3.96. The summed E-state index contributed by atoms with van der Waals surface area (Å²) >= 11 is 0. The highest BCUT2D eigenvalue weighted by molar-refractivity contribution is 5.94. The summed E-state index contributed by atoms with van der Waals surface area (Å²) in [5.74, 6) is -0.158. The predicted octanol–water partition coefficient (Wildman–Crippen LogP) is 2.79. The van der Waals surface area contributed by atoms with Crippen molar-refractivity contribution in [3.8, 4) is 11.1 Å². The minimum Gasteiger partial charge on any atom is -0.379 e. The monoisotopic (exact) mass is 428 g/mol. The first-order chi connectivity index (χ1) is 15.7. The Bertz CT molecular complexity index is 1230. The zero-order chi connectivity index (χ0) is 21.9. The number of rotatable bonds is 5. The second-order valence-corrected chi connectivity index (χ2v) is 7.83. The second-order valence-electron chi connectivity index (χ2n) is 7.83. The molecule has 0 aliphatic carbocycles. The van der Waals surface area contributed by atoms with E-state index in [4.69, 9.17) is 9.72 Å². The van der Waals surface area contributed by atoms with E-state index in [1.165, 1.54) is 0 Å². The number of benzene rings is 1. The molecule has 32 heavy (non-hydrogen) atoms. The Hall–Kier alpha value is -3.62. The third-order valence-corrected chi connectivity index (χ3v) is 5.68. The molecule has 8 heteroatoms. The van der Waals surface area contributed by atoms with Crippen molar-refractivity contribution in [1.29, 1.82) is 0 Å². The molecule has 1 aromatic carbocycles. The summed E-state index contributed by atoms with van der Waals surface area (Å²) in [6.07, 6.45) is 8.60. The maximum atomic E-state index is 12.9. The molecule has 0 spiro atoms. The molecule has 1 saturated heterocycles. The summed E-state index contributed by atoms with van der Waals surface area (Å²) in [4.78, 5) is 23.8. The SMILES string of the molecule is Cn1cc(-c2ccc3cnc(C(NC(=O)c4ccncc4)N4CCOCC4)cc3c2)cn1. The largest absolute Gasteiger partial charge is 0.379 e. The van der Waals surface area contributed by atoms with E-state index in [-0.39, 0.29) is 12.1 Å². The number of carbonyl (C=O) groups excluding carboxylic acids is 1. The van der Waals surface area contributed by atoms with Crippen LogP contribution in [-0.2, 0) is 11.8 Å². The topological polar surface area (TPSA) is 85.2 Å². The van der Waals surface area contributed by atoms with Crippen LogP contribution in [0.5, 0.6) is 0 Å². The van der Waals surface area contributed by atoms with Gasteiger partial charge in [-0.15, -0.1) is 0 Å². The Labute approximate surface area is 185 Å². The Kier molecular flexibility index (Phi) is 5.62. The highest BCUT2D eigenvalue weighted by Gasteiger charge is 2.26. The first-order valence-electron chi connectivity index (χ1n) is 10.6. The van der Waals surface area contributed by atoms with Gasteiger partial charge >= 0.3 is 0 Å². The highest BCUT2D eigenvalue weighted by atomic mass is 16.5. The molecule has 1 aliphatic heterocycles. The number of fused-ring (bicyclic) bond motifs is 1. The number of nitrogens with zero attached hydrogens (tertiary/aromatic N) is 5. The number of ether oxygens (including phenoxy) is 1. The molecule has 4 heterocycles. The quantitative estimate of drug-likeness (QED) is 0.526. The minimum atomic E-state index is -0.356. The lowest BCUT2D eigenvalue weighted by molar-refractivity contribution is 0.00755. The number of hydrogen-bond donors (Lipinski definition) is 1. The van der Waals surface area contributed by atoms with Crippen LogP contribution in [0.25, 0.3) is 21.9 Å². The lowest BCUT2D eigenvalue weighted by atomic mass is 10.0. The van der Waals surface area contributed by atoms with Crippen LogP contribution in [0.2, 0.25) is 0 Å². The third kappa shape index (κ3) is 4.23. The van der Waals surface area contributed by atoms with Crippen LogP contribution in [0, 0.1) is 0 Å². The van der Waals surface area contributed by atoms with Crippen LogP contribution in [0.15, 0.2) is 67.4 Å². The molecule has 5 rings (SSSR count). The van der Waals surface area contributed by atoms with Crippen molar-refractivity contribution < 1.29 is 9.53 Å². The van der Waals surface area contributed by atoms with Crippen molar-refractivity contribution in [2.75, 3.05) is 26.3 Å². The molecule has 1 fully saturated rings. The maximum Gasteiger partial charge on any atom is 0.252 e. The Morgan fingerprint density at radius 2 is 1.84 bits per heavy atom. The molecular weight excluding hydrogens is 404 g/mol. The maximum absolute atomic E-state index is 12.9. The Morgan fingerprint density at radius 3 is 2.59 bits per heavy atom. The summed E-state index contributed by atoms with van der Waals surface area (Å²) in [5.41, 5.74) is 3.51. The van der Waals surface area contributed by atoms with Gasteiger partial charge in [0, 0.05) is 61.4 Å². The van der Waals surface area contributed by atoms with Crippen molar-refractivity contribution >= 4 is 16.7 Å². The first-order valence-corrected chi connectivity index (χ1v) is 10.6. The first kappa shape index (κ1) is 20.3. The molecule has 1 aliphatic rings. The van der Waals surface area contributed by atoms with E-state index in [1.807, 2.05) is 25.6 Å². The van der Waals surface area contributed by atoms with Gasteiger partial charge in [-0.05, 0) is 35.2 Å². The number of carbonyl (C=O) groups is 1. The fraction of sp³-hybridized carbons (Fsp3) is 0.250. The van der Waals surface area contributed by atoms with Gasteiger partial charge in [-0.2, -0.15) is 5.10 Å². The Balaban J connectivity index is 1.50. The zero-order valence-corrected chi connectivity index (χ0v) is 17.8. The molecular formula is C24H24N6O2. The lowest BCUT2D eigenvalue weighted by Crippen LogP contribution is -2.46. The molecule has 0 saturated carbocycles. The summed E-state index contributed by atoms with van der Waals surface area (Å²) in [6.45, 7) is 2.69. The van der Waals surface area contributed by atoms with Gasteiger partial charge in [-0.1, -0.05) is 12.1 Å². The third-order valence-electron chi connectivity index (χ3n) is 5.68. The van der Waals surface area contributed by atoms with Crippen LogP contribution in [-0.4, -0.2) is 56.9 Å². The zero-order valence-electron chi connectivity index (χ0n) is 17.8. The number of aryl methyl sites for hydroxylation is 1. The number of nitrogens with one attached hydrogen (secondary N) is 1. The van der Waals surface area contributed by atoms with Gasteiger partial charge in [0.1, 0.15) is 6.17 Å². The highest BCUT2D eigenvalue weighted by Crippen LogP contribution is 2.27. The van der Waals surface area contributed by atoms with Crippen molar-refractivity contribution in [2.24, 2.45) is 7.05 Å². The second kappa shape index (κ2) is 8.86. The van der Waals surface area contributed by atoms with Crippen molar-refractivity contribution in [3.63, 3.8) is 0 Å². The van der Waals surface area contributed by atoms with Gasteiger partial charge in [-0.3, -0.25) is 24.3 Å². The number of aromatic nitrogens is 4. The van der Waals surface area contributed by atoms with E-state index >= 15 is 0 Å². The number of hydrogen-bond acceptors (Lipinski definition) is 6. The fourth-order valence-corrected chi connectivity index (χ4v) is 3.96. The van der Waals surface area contributed by atoms with Gasteiger partial charge in [0.25, 0.3) is 5.91 Å². The van der Waals surface area contributed by atoms with E-state index in [0.717, 1.165) is 40.7 Å². The van der Waals surface area contributed by atoms with Crippen molar-refractivity contribution in [1.82, 2.24) is 30.0 Å². The normalized spacial score (nSPS) is 15.5. The Morgan fingerprint density at radius 1 is 1.03 bits per heavy atom. The van der Waals surface area contributed by atoms with E-state index in [0.29, 0.717) is 18.8 Å². The lowest BCUT2D eigenvalue weighted by Gasteiger charge is -2.34. The molecule has 0 radical (unpaired) electrons. The molecule has 1 N–H and O–H groups in total. The van der Waals surface area contributed by atoms with Gasteiger partial charge in [0.15, 0.2) is 0 Å². The van der Waals surface area contributed by atoms with Crippen LogP contribution in [0.4, 0.5) is 0 Å². The molecule has 3 aromatic heterocycles. The average Bonchev–Trinajstić information content (AvgIpc) is 3.29. The molecule has 1 atom stereocenters. The summed E-state index contributed by atoms with van der Waals surface area (Å²) in [5, 5.41) is 9.54. The molecule has 1 amide bonds. The average molecular weight is 428 g/mol. The van der Waals surface area contributed by atoms with Gasteiger partial charge in [0.2, 0.25) is 0 Å². The van der Waals surface area contributed by atoms with E-state index < -0.39 is 0 Å². The van der Waals surface area contributed by atoms with E-state index in [9.17, 15) is 4.79 Å². The summed E-state index contributed by atoms with van der Waals surface area (Å²) in [7, 11) is 1.91. The summed E-state index contributed by atoms with van der Waals surface area (Å²) < 4.78 is 7.31. The van der Waals surface area contributed by atoms with Crippen molar-refractivity contribution in [2.45, 2.75) is 6.17 Å². The van der Waals surface area contributed by atoms with Crippen molar-refractivity contribution in [3.05, 3.63) is 78.6 Å². The number of amides is 1. The molecule has 0 bridgehead atoms. The predicted molar refractivity (Wildman–Crippen MR) is 121 cm³/mol. The molecule has 8 nitrogen and oxygen atoms in total. The van der Waals surface area contributed by atoms with E-state index in [2.05, 4.69) is 44.6 Å². The number of morpholine rings is 1. The number of pyridine rings is 2. The van der Waals surface area contributed by atoms with Gasteiger partial charge < -0.3 is 10.1 Å². The van der Waals surface area contributed by atoms with Crippen LogP contribution >= 0.6 is 0 Å². The van der Waals surface area contributed by atoms with Gasteiger partial charge in [0.05, 0.1) is 25.1 Å². The molecule has 162 valence electrons. The standard InChI is InChI=1S/C24H24N6O2/c1-29-16-21(15-27-29)18-2-3-19-14-26-22(13-20(19)12-18)23(30-8-10-32-11-9-30)28-24(31)17-4-6-25-7-5-17/h2-7,12-16,23H,8-11H2,1H3,(H,28,31).